The van der Waals surface area contributed by atoms with Crippen LogP contribution in [0.4, 0.5) is 30.7 Å². The summed E-state index contributed by atoms with van der Waals surface area (Å²) in [5.74, 6) is -2.75. The van der Waals surface area contributed by atoms with Gasteiger partial charge < -0.3 is 0 Å². The molecule has 0 aliphatic carbocycles. The van der Waals surface area contributed by atoms with Crippen LogP contribution in [-0.4, -0.2) is 0 Å². The summed E-state index contributed by atoms with van der Waals surface area (Å²) in [5.41, 5.74) is 3.75. The number of halogens is 7. The Kier molecular flexibility index (Phi) is 7.68. The van der Waals surface area contributed by atoms with E-state index < -0.39 is 46.1 Å². The van der Waals surface area contributed by atoms with Gasteiger partial charge in [-0.1, -0.05) is 59.9 Å². The molecule has 0 aliphatic rings. The largest absolute Gasteiger partial charge is 0.206 e. The Morgan fingerprint density at radius 2 is 1.04 bits per heavy atom. The highest BCUT2D eigenvalue weighted by atomic mass is 19.2. The molecule has 0 fully saturated rings. The number of rotatable bonds is 3. The van der Waals surface area contributed by atoms with Crippen LogP contribution in [0.1, 0.15) is 22.3 Å². The fourth-order valence-corrected chi connectivity index (χ4v) is 5.24. The number of hydrogen-bond donors (Lipinski definition) is 0. The lowest BCUT2D eigenvalue weighted by Gasteiger charge is -2.10. The van der Waals surface area contributed by atoms with Crippen LogP contribution in [-0.2, 0) is 0 Å². The van der Waals surface area contributed by atoms with E-state index in [1.165, 1.54) is 24.3 Å². The fraction of sp³-hybridized carbons (Fsp3) is 0.0526. The second-order valence-corrected chi connectivity index (χ2v) is 10.7. The van der Waals surface area contributed by atoms with Gasteiger partial charge in [-0.2, -0.15) is 0 Å². The van der Waals surface area contributed by atoms with Gasteiger partial charge in [-0.05, 0) is 95.6 Å². The van der Waals surface area contributed by atoms with E-state index in [2.05, 4.69) is 11.8 Å². The van der Waals surface area contributed by atoms with Crippen LogP contribution in [0.5, 0.6) is 0 Å². The Hall–Kier alpha value is -5.35. The van der Waals surface area contributed by atoms with Crippen LogP contribution < -0.4 is 0 Å². The molecule has 0 bridgehead atoms. The highest BCUT2D eigenvalue weighted by Crippen LogP contribution is 2.33. The molecule has 0 heterocycles. The molecular weight excluding hydrogens is 589 g/mol. The van der Waals surface area contributed by atoms with Crippen LogP contribution >= 0.6 is 0 Å². The summed E-state index contributed by atoms with van der Waals surface area (Å²) in [6.07, 6.45) is 0. The van der Waals surface area contributed by atoms with Crippen molar-refractivity contribution in [1.29, 1.82) is 0 Å². The Balaban J connectivity index is 1.28. The molecule has 222 valence electrons. The molecule has 0 nitrogen and oxygen atoms in total. The first kappa shape index (κ1) is 29.7. The number of aryl methyl sites for hydroxylation is 2. The molecule has 0 aromatic heterocycles. The van der Waals surface area contributed by atoms with Crippen molar-refractivity contribution in [3.63, 3.8) is 0 Å². The van der Waals surface area contributed by atoms with Gasteiger partial charge in [0.2, 0.25) is 0 Å². The number of fused-ring (bicyclic) bond motifs is 1. The van der Waals surface area contributed by atoms with Crippen molar-refractivity contribution in [3.05, 3.63) is 154 Å². The van der Waals surface area contributed by atoms with Crippen molar-refractivity contribution in [2.24, 2.45) is 0 Å². The fourth-order valence-electron chi connectivity index (χ4n) is 5.24. The van der Waals surface area contributed by atoms with Crippen LogP contribution in [0, 0.1) is 66.4 Å². The topological polar surface area (TPSA) is 0 Å². The standard InChI is InChI=1S/C38H21F7/c1-20-3-7-23(8-4-20)24-9-12-30(33(41)16-24)25-13-21(2)28(32(40)17-25)10-5-22-6-11-29(31(39)14-22)26-15-27-19-35(43)37(44)38(45)36(27)34(42)18-26/h3-4,6-9,11-19H,1-2H3. The van der Waals surface area contributed by atoms with Crippen LogP contribution in [0.15, 0.2) is 91.0 Å². The van der Waals surface area contributed by atoms with Crippen LogP contribution in [0.3, 0.4) is 0 Å². The molecule has 0 radical (unpaired) electrons. The predicted octanol–water partition coefficient (Wildman–Crippen LogP) is 10.8. The van der Waals surface area contributed by atoms with Gasteiger partial charge in [0, 0.05) is 16.7 Å². The summed E-state index contributed by atoms with van der Waals surface area (Å²) in [6.45, 7) is 3.59. The molecule has 45 heavy (non-hydrogen) atoms. The first-order valence-electron chi connectivity index (χ1n) is 13.8. The van der Waals surface area contributed by atoms with Crippen LogP contribution in [0.2, 0.25) is 0 Å². The summed E-state index contributed by atoms with van der Waals surface area (Å²) in [6, 6.07) is 21.6. The maximum absolute atomic E-state index is 15.2. The van der Waals surface area contributed by atoms with E-state index in [4.69, 9.17) is 0 Å². The second-order valence-electron chi connectivity index (χ2n) is 10.7. The quantitative estimate of drug-likeness (QED) is 0.106. The minimum atomic E-state index is -1.80. The Morgan fingerprint density at radius 1 is 0.444 bits per heavy atom. The maximum Gasteiger partial charge on any atom is 0.195 e. The number of benzene rings is 6. The molecule has 0 saturated heterocycles. The average Bonchev–Trinajstić information content (AvgIpc) is 2.99. The summed E-state index contributed by atoms with van der Waals surface area (Å²) < 4.78 is 101. The molecule has 0 N–H and O–H groups in total. The van der Waals surface area contributed by atoms with Gasteiger partial charge in [0.1, 0.15) is 23.3 Å². The lowest BCUT2D eigenvalue weighted by Crippen LogP contribution is -1.96. The van der Waals surface area contributed by atoms with Gasteiger partial charge in [-0.3, -0.25) is 0 Å². The van der Waals surface area contributed by atoms with E-state index >= 15 is 13.2 Å². The van der Waals surface area contributed by atoms with E-state index in [9.17, 15) is 17.6 Å². The minimum absolute atomic E-state index is 0.0287. The van der Waals surface area contributed by atoms with Crippen molar-refractivity contribution in [2.45, 2.75) is 13.8 Å². The summed E-state index contributed by atoms with van der Waals surface area (Å²) in [4.78, 5) is 0. The number of hydrogen-bond acceptors (Lipinski definition) is 0. The molecule has 0 unspecified atom stereocenters. The molecular formula is C38H21F7. The average molecular weight is 611 g/mol. The van der Waals surface area contributed by atoms with Crippen molar-refractivity contribution in [3.8, 4) is 45.2 Å². The molecule has 0 atom stereocenters. The maximum atomic E-state index is 15.2. The zero-order valence-electron chi connectivity index (χ0n) is 23.8. The first-order chi connectivity index (χ1) is 21.5. The monoisotopic (exact) mass is 610 g/mol. The molecule has 0 spiro atoms. The van der Waals surface area contributed by atoms with Gasteiger partial charge in [0.05, 0.1) is 10.9 Å². The minimum Gasteiger partial charge on any atom is -0.206 e. The van der Waals surface area contributed by atoms with Gasteiger partial charge in [-0.15, -0.1) is 0 Å². The molecule has 0 amide bonds. The molecule has 7 heteroatoms. The zero-order chi connectivity index (χ0) is 32.0. The third-order valence-electron chi connectivity index (χ3n) is 7.59. The lowest BCUT2D eigenvalue weighted by atomic mass is 9.96. The van der Waals surface area contributed by atoms with E-state index in [0.717, 1.165) is 29.3 Å². The molecule has 0 saturated carbocycles. The first-order valence-corrected chi connectivity index (χ1v) is 13.8. The Bertz CT molecular complexity index is 2180. The van der Waals surface area contributed by atoms with E-state index in [-0.39, 0.29) is 33.2 Å². The van der Waals surface area contributed by atoms with Crippen molar-refractivity contribution >= 4 is 10.8 Å². The molecule has 6 aromatic rings. The molecule has 0 aliphatic heterocycles. The zero-order valence-corrected chi connectivity index (χ0v) is 23.8. The Morgan fingerprint density at radius 3 is 1.71 bits per heavy atom. The van der Waals surface area contributed by atoms with Crippen molar-refractivity contribution in [2.75, 3.05) is 0 Å². The molecule has 6 aromatic carbocycles. The third-order valence-corrected chi connectivity index (χ3v) is 7.59. The van der Waals surface area contributed by atoms with Gasteiger partial charge >= 0.3 is 0 Å². The van der Waals surface area contributed by atoms with Crippen molar-refractivity contribution in [1.82, 2.24) is 0 Å². The van der Waals surface area contributed by atoms with E-state index in [1.54, 1.807) is 25.1 Å². The van der Waals surface area contributed by atoms with Crippen LogP contribution in [0.25, 0.3) is 44.2 Å². The van der Waals surface area contributed by atoms with E-state index in [0.29, 0.717) is 22.8 Å². The highest BCUT2D eigenvalue weighted by molar-refractivity contribution is 5.89. The summed E-state index contributed by atoms with van der Waals surface area (Å²) in [7, 11) is 0. The normalized spacial score (nSPS) is 11.0. The predicted molar refractivity (Wildman–Crippen MR) is 162 cm³/mol. The third kappa shape index (κ3) is 5.67. The van der Waals surface area contributed by atoms with Crippen molar-refractivity contribution < 1.29 is 30.7 Å². The smallest absolute Gasteiger partial charge is 0.195 e. The Labute approximate surface area is 254 Å². The van der Waals surface area contributed by atoms with Gasteiger partial charge in [0.15, 0.2) is 17.5 Å². The highest BCUT2D eigenvalue weighted by Gasteiger charge is 2.19. The van der Waals surface area contributed by atoms with E-state index in [1.807, 2.05) is 31.2 Å². The van der Waals surface area contributed by atoms with Gasteiger partial charge in [0.25, 0.3) is 0 Å². The summed E-state index contributed by atoms with van der Waals surface area (Å²) >= 11 is 0. The summed E-state index contributed by atoms with van der Waals surface area (Å²) in [5, 5.41) is -1.02. The van der Waals surface area contributed by atoms with Gasteiger partial charge in [-0.25, -0.2) is 30.7 Å². The molecule has 6 rings (SSSR count). The SMILES string of the molecule is Cc1ccc(-c2ccc(-c3cc(C)c(C#Cc4ccc(-c5cc(F)c6c(F)c(F)c(F)cc6c5)c(F)c4)c(F)c3)c(F)c2)cc1. The lowest BCUT2D eigenvalue weighted by molar-refractivity contribution is 0.451. The second kappa shape index (κ2) is 11.6.